The summed E-state index contributed by atoms with van der Waals surface area (Å²) >= 11 is 0. The third-order valence-electron chi connectivity index (χ3n) is 2.79. The minimum absolute atomic E-state index is 0.0345. The minimum Gasteiger partial charge on any atom is -0.493 e. The molecule has 0 fully saturated rings. The summed E-state index contributed by atoms with van der Waals surface area (Å²) < 4.78 is 16.1. The van der Waals surface area contributed by atoms with Crippen molar-refractivity contribution in [2.75, 3.05) is 20.8 Å². The fraction of sp³-hybridized carbons (Fsp3) is 0.500. The van der Waals surface area contributed by atoms with Crippen LogP contribution in [-0.4, -0.2) is 37.8 Å². The lowest BCUT2D eigenvalue weighted by molar-refractivity contribution is 0.132. The molecule has 0 saturated heterocycles. The van der Waals surface area contributed by atoms with Crippen molar-refractivity contribution in [2.45, 2.75) is 26.4 Å². The molecule has 5 heteroatoms. The van der Waals surface area contributed by atoms with Crippen molar-refractivity contribution in [3.8, 4) is 11.5 Å². The Morgan fingerprint density at radius 3 is 2.63 bits per heavy atom. The molecule has 1 N–H and O–H groups in total. The number of hydrogen-bond acceptors (Lipinski definition) is 5. The molecule has 106 valence electrons. The molecule has 5 nitrogen and oxygen atoms in total. The van der Waals surface area contributed by atoms with Gasteiger partial charge in [0.2, 0.25) is 0 Å². The molecular weight excluding hydrogens is 246 g/mol. The topological polar surface area (TPSA) is 60.3 Å². The second-order valence-electron chi connectivity index (χ2n) is 4.26. The van der Waals surface area contributed by atoms with E-state index < -0.39 is 0 Å². The number of ether oxygens (including phenoxy) is 3. The van der Waals surface area contributed by atoms with E-state index in [1.807, 2.05) is 19.1 Å². The molecule has 0 aromatic heterocycles. The predicted octanol–water partition coefficient (Wildman–Crippen LogP) is 2.70. The number of oxime groups is 1. The van der Waals surface area contributed by atoms with Crippen LogP contribution in [0.3, 0.4) is 0 Å². The van der Waals surface area contributed by atoms with Gasteiger partial charge >= 0.3 is 0 Å². The van der Waals surface area contributed by atoms with Crippen LogP contribution in [0.15, 0.2) is 23.4 Å². The summed E-state index contributed by atoms with van der Waals surface area (Å²) in [5.41, 5.74) is 1.31. The van der Waals surface area contributed by atoms with Crippen molar-refractivity contribution < 1.29 is 19.4 Å². The van der Waals surface area contributed by atoms with E-state index in [2.05, 4.69) is 5.16 Å². The maximum atomic E-state index is 8.77. The third kappa shape index (κ3) is 4.44. The largest absolute Gasteiger partial charge is 0.493 e. The number of methoxy groups -OCH3 is 2. The number of nitrogens with zero attached hydrogens (tertiary/aromatic N) is 1. The van der Waals surface area contributed by atoms with Crippen LogP contribution in [0.4, 0.5) is 0 Å². The van der Waals surface area contributed by atoms with Gasteiger partial charge in [0, 0.05) is 25.7 Å². The van der Waals surface area contributed by atoms with Gasteiger partial charge in [-0.25, -0.2) is 0 Å². The molecule has 1 rings (SSSR count). The Kier molecular flexibility index (Phi) is 6.15. The van der Waals surface area contributed by atoms with Gasteiger partial charge in [-0.05, 0) is 32.0 Å². The molecule has 0 spiro atoms. The minimum atomic E-state index is 0.0345. The molecule has 1 unspecified atom stereocenters. The van der Waals surface area contributed by atoms with E-state index in [4.69, 9.17) is 19.4 Å². The average molecular weight is 267 g/mol. The van der Waals surface area contributed by atoms with E-state index in [1.165, 1.54) is 0 Å². The SMILES string of the molecule is COCCC(C)Oc1ccc(/C(C)=N/O)cc1OC. The van der Waals surface area contributed by atoms with Crippen LogP contribution in [0.5, 0.6) is 11.5 Å². The highest BCUT2D eigenvalue weighted by molar-refractivity contribution is 5.98. The first-order chi connectivity index (χ1) is 9.12. The second kappa shape index (κ2) is 7.63. The Labute approximate surface area is 113 Å². The van der Waals surface area contributed by atoms with Gasteiger partial charge in [0.05, 0.1) is 18.9 Å². The van der Waals surface area contributed by atoms with Gasteiger partial charge in [0.25, 0.3) is 0 Å². The van der Waals surface area contributed by atoms with E-state index in [0.717, 1.165) is 12.0 Å². The lowest BCUT2D eigenvalue weighted by Gasteiger charge is -2.17. The Balaban J connectivity index is 2.84. The standard InChI is InChI=1S/C14H21NO4/c1-10(7-8-17-3)19-13-6-5-12(11(2)15-16)9-14(13)18-4/h5-6,9-10,16H,7-8H2,1-4H3/b15-11+. The van der Waals surface area contributed by atoms with Crippen LogP contribution in [0.2, 0.25) is 0 Å². The van der Waals surface area contributed by atoms with Gasteiger partial charge < -0.3 is 19.4 Å². The maximum Gasteiger partial charge on any atom is 0.161 e. The fourth-order valence-electron chi connectivity index (χ4n) is 1.61. The predicted molar refractivity (Wildman–Crippen MR) is 73.6 cm³/mol. The van der Waals surface area contributed by atoms with Crippen molar-refractivity contribution in [3.05, 3.63) is 23.8 Å². The zero-order chi connectivity index (χ0) is 14.3. The molecule has 0 radical (unpaired) electrons. The summed E-state index contributed by atoms with van der Waals surface area (Å²) in [7, 11) is 3.25. The van der Waals surface area contributed by atoms with Gasteiger partial charge in [0.1, 0.15) is 0 Å². The highest BCUT2D eigenvalue weighted by Gasteiger charge is 2.11. The molecule has 0 aliphatic carbocycles. The number of rotatable bonds is 7. The molecule has 0 aliphatic heterocycles. The zero-order valence-electron chi connectivity index (χ0n) is 11.8. The Morgan fingerprint density at radius 2 is 2.05 bits per heavy atom. The van der Waals surface area contributed by atoms with Gasteiger partial charge in [-0.1, -0.05) is 5.16 Å². The fourth-order valence-corrected chi connectivity index (χ4v) is 1.61. The summed E-state index contributed by atoms with van der Waals surface area (Å²) in [6, 6.07) is 5.43. The maximum absolute atomic E-state index is 8.77. The zero-order valence-corrected chi connectivity index (χ0v) is 11.8. The monoisotopic (exact) mass is 267 g/mol. The summed E-state index contributed by atoms with van der Waals surface area (Å²) in [5, 5.41) is 11.9. The van der Waals surface area contributed by atoms with Crippen LogP contribution in [0.25, 0.3) is 0 Å². The van der Waals surface area contributed by atoms with Crippen molar-refractivity contribution >= 4 is 5.71 Å². The summed E-state index contributed by atoms with van der Waals surface area (Å²) in [4.78, 5) is 0. The molecule has 0 bridgehead atoms. The first-order valence-corrected chi connectivity index (χ1v) is 6.15. The van der Waals surface area contributed by atoms with E-state index in [0.29, 0.717) is 23.8 Å². The first-order valence-electron chi connectivity index (χ1n) is 6.15. The quantitative estimate of drug-likeness (QED) is 0.469. The Bertz CT molecular complexity index is 431. The smallest absolute Gasteiger partial charge is 0.161 e. The molecule has 0 saturated carbocycles. The highest BCUT2D eigenvalue weighted by atomic mass is 16.5. The van der Waals surface area contributed by atoms with Crippen LogP contribution in [0.1, 0.15) is 25.8 Å². The van der Waals surface area contributed by atoms with Crippen molar-refractivity contribution in [1.82, 2.24) is 0 Å². The van der Waals surface area contributed by atoms with Crippen LogP contribution < -0.4 is 9.47 Å². The van der Waals surface area contributed by atoms with E-state index in [1.54, 1.807) is 27.2 Å². The van der Waals surface area contributed by atoms with Gasteiger partial charge in [-0.3, -0.25) is 0 Å². The summed E-state index contributed by atoms with van der Waals surface area (Å²) in [6.45, 7) is 4.35. The molecule has 19 heavy (non-hydrogen) atoms. The van der Waals surface area contributed by atoms with E-state index in [9.17, 15) is 0 Å². The Morgan fingerprint density at radius 1 is 1.32 bits per heavy atom. The van der Waals surface area contributed by atoms with Crippen molar-refractivity contribution in [3.63, 3.8) is 0 Å². The summed E-state index contributed by atoms with van der Waals surface area (Å²) in [5.74, 6) is 1.28. The Hall–Kier alpha value is -1.75. The molecule has 0 aliphatic rings. The van der Waals surface area contributed by atoms with Gasteiger partial charge in [-0.15, -0.1) is 0 Å². The molecule has 0 heterocycles. The molecule has 1 aromatic rings. The van der Waals surface area contributed by atoms with Gasteiger partial charge in [0.15, 0.2) is 11.5 Å². The molecule has 0 amide bonds. The molecular formula is C14H21NO4. The van der Waals surface area contributed by atoms with Crippen LogP contribution >= 0.6 is 0 Å². The van der Waals surface area contributed by atoms with Crippen molar-refractivity contribution in [2.24, 2.45) is 5.16 Å². The normalized spacial score (nSPS) is 13.2. The highest BCUT2D eigenvalue weighted by Crippen LogP contribution is 2.29. The summed E-state index contributed by atoms with van der Waals surface area (Å²) in [6.07, 6.45) is 0.839. The first kappa shape index (κ1) is 15.3. The molecule has 1 atom stereocenters. The number of hydrogen-bond donors (Lipinski definition) is 1. The second-order valence-corrected chi connectivity index (χ2v) is 4.26. The van der Waals surface area contributed by atoms with Crippen molar-refractivity contribution in [1.29, 1.82) is 0 Å². The van der Waals surface area contributed by atoms with E-state index >= 15 is 0 Å². The van der Waals surface area contributed by atoms with Gasteiger partial charge in [-0.2, -0.15) is 0 Å². The van der Waals surface area contributed by atoms with Crippen LogP contribution in [0, 0.1) is 0 Å². The lowest BCUT2D eigenvalue weighted by Crippen LogP contribution is -2.14. The number of benzene rings is 1. The molecule has 1 aromatic carbocycles. The lowest BCUT2D eigenvalue weighted by atomic mass is 10.1. The third-order valence-corrected chi connectivity index (χ3v) is 2.79. The van der Waals surface area contributed by atoms with Crippen LogP contribution in [-0.2, 0) is 4.74 Å². The average Bonchev–Trinajstić information content (AvgIpc) is 2.44. The van der Waals surface area contributed by atoms with E-state index in [-0.39, 0.29) is 6.10 Å².